The van der Waals surface area contributed by atoms with Crippen LogP contribution in [0.25, 0.3) is 16.3 Å². The Kier molecular flexibility index (Phi) is 7.51. The summed E-state index contributed by atoms with van der Waals surface area (Å²) in [6.45, 7) is 3.10. The molecule has 5 nitrogen and oxygen atoms in total. The first-order valence-electron chi connectivity index (χ1n) is 11.5. The van der Waals surface area contributed by atoms with E-state index in [1.54, 1.807) is 6.07 Å². The fourth-order valence-electron chi connectivity index (χ4n) is 4.76. The first-order valence-corrected chi connectivity index (χ1v) is 13.9. The van der Waals surface area contributed by atoms with E-state index in [0.717, 1.165) is 28.7 Å². The van der Waals surface area contributed by atoms with Gasteiger partial charge in [0.2, 0.25) is 10.0 Å². The van der Waals surface area contributed by atoms with Crippen molar-refractivity contribution < 1.29 is 8.42 Å². The van der Waals surface area contributed by atoms with Crippen LogP contribution < -0.4 is 10.5 Å². The number of nitrogens with one attached hydrogen (secondary N) is 1. The van der Waals surface area contributed by atoms with E-state index in [2.05, 4.69) is 35.0 Å². The highest BCUT2D eigenvalue weighted by atomic mass is 32.2. The average Bonchev–Trinajstić information content (AvgIpc) is 3.38. The molecule has 0 saturated heterocycles. The first kappa shape index (κ1) is 23.2. The number of hydrogen-bond donors (Lipinski definition) is 2. The summed E-state index contributed by atoms with van der Waals surface area (Å²) >= 11 is 1.20. The fourth-order valence-corrected chi connectivity index (χ4v) is 6.52. The SMILES string of the molecule is C[C@@H](CC1CCCCCC1)NCc1ccccc1-n1cccc1-c1ccc(S(N)(=O)=O)s1. The molecule has 1 aromatic carbocycles. The van der Waals surface area contributed by atoms with Gasteiger partial charge in [-0.3, -0.25) is 0 Å². The van der Waals surface area contributed by atoms with Gasteiger partial charge in [-0.05, 0) is 55.2 Å². The number of aromatic nitrogens is 1. The third-order valence-corrected chi connectivity index (χ3v) is 8.96. The Morgan fingerprint density at radius 1 is 1.06 bits per heavy atom. The molecule has 4 rings (SSSR count). The van der Waals surface area contributed by atoms with E-state index >= 15 is 0 Å². The second kappa shape index (κ2) is 10.3. The monoisotopic (exact) mass is 471 g/mol. The topological polar surface area (TPSA) is 77.1 Å². The van der Waals surface area contributed by atoms with Gasteiger partial charge in [-0.25, -0.2) is 13.6 Å². The molecular formula is C25H33N3O2S2. The molecule has 0 aliphatic heterocycles. The molecule has 3 N–H and O–H groups in total. The molecule has 0 bridgehead atoms. The lowest BCUT2D eigenvalue weighted by molar-refractivity contribution is 0.363. The van der Waals surface area contributed by atoms with Crippen molar-refractivity contribution in [2.24, 2.45) is 11.1 Å². The van der Waals surface area contributed by atoms with Crippen LogP contribution >= 0.6 is 11.3 Å². The Bertz CT molecular complexity index is 1130. The van der Waals surface area contributed by atoms with Crippen LogP contribution in [-0.4, -0.2) is 19.0 Å². The molecule has 1 aliphatic rings. The molecule has 0 spiro atoms. The Labute approximate surface area is 195 Å². The Morgan fingerprint density at radius 3 is 2.53 bits per heavy atom. The van der Waals surface area contributed by atoms with E-state index in [0.29, 0.717) is 6.04 Å². The molecule has 32 heavy (non-hydrogen) atoms. The van der Waals surface area contributed by atoms with E-state index in [1.807, 2.05) is 30.5 Å². The van der Waals surface area contributed by atoms with E-state index in [-0.39, 0.29) is 4.21 Å². The highest BCUT2D eigenvalue weighted by molar-refractivity contribution is 7.91. The second-order valence-corrected chi connectivity index (χ2v) is 11.8. The maximum absolute atomic E-state index is 11.7. The number of nitrogens with zero attached hydrogens (tertiary/aromatic N) is 1. The highest BCUT2D eigenvalue weighted by Gasteiger charge is 2.17. The molecule has 2 heterocycles. The molecule has 1 aliphatic carbocycles. The van der Waals surface area contributed by atoms with E-state index < -0.39 is 10.0 Å². The number of thiophene rings is 1. The zero-order valence-corrected chi connectivity index (χ0v) is 20.3. The number of hydrogen-bond acceptors (Lipinski definition) is 4. The van der Waals surface area contributed by atoms with Gasteiger partial charge in [-0.1, -0.05) is 56.7 Å². The largest absolute Gasteiger partial charge is 0.315 e. The lowest BCUT2D eigenvalue weighted by atomic mass is 9.93. The van der Waals surface area contributed by atoms with Gasteiger partial charge in [0.1, 0.15) is 4.21 Å². The molecule has 2 aromatic heterocycles. The Balaban J connectivity index is 1.50. The minimum Gasteiger partial charge on any atom is -0.315 e. The van der Waals surface area contributed by atoms with Crippen LogP contribution in [0.15, 0.2) is 58.9 Å². The summed E-state index contributed by atoms with van der Waals surface area (Å²) < 4.78 is 25.7. The van der Waals surface area contributed by atoms with Crippen LogP contribution in [0, 0.1) is 5.92 Å². The van der Waals surface area contributed by atoms with Crippen molar-refractivity contribution in [3.05, 3.63) is 60.3 Å². The van der Waals surface area contributed by atoms with Crippen molar-refractivity contribution in [2.75, 3.05) is 0 Å². The maximum Gasteiger partial charge on any atom is 0.247 e. The molecule has 0 amide bonds. The second-order valence-electron chi connectivity index (χ2n) is 8.93. The fraction of sp³-hybridized carbons (Fsp3) is 0.440. The van der Waals surface area contributed by atoms with Crippen molar-refractivity contribution in [3.63, 3.8) is 0 Å². The molecule has 1 saturated carbocycles. The molecule has 0 radical (unpaired) electrons. The van der Waals surface area contributed by atoms with Gasteiger partial charge in [0.05, 0.1) is 16.3 Å². The predicted octanol–water partition coefficient (Wildman–Crippen LogP) is 5.69. The maximum atomic E-state index is 11.7. The van der Waals surface area contributed by atoms with Crippen molar-refractivity contribution in [3.8, 4) is 16.3 Å². The number of nitrogens with two attached hydrogens (primary N) is 1. The predicted molar refractivity (Wildman–Crippen MR) is 133 cm³/mol. The summed E-state index contributed by atoms with van der Waals surface area (Å²) in [4.78, 5) is 0.878. The summed E-state index contributed by atoms with van der Waals surface area (Å²) in [5, 5.41) is 9.05. The summed E-state index contributed by atoms with van der Waals surface area (Å²) in [6, 6.07) is 16.3. The highest BCUT2D eigenvalue weighted by Crippen LogP contribution is 2.33. The van der Waals surface area contributed by atoms with Crippen LogP contribution in [0.3, 0.4) is 0 Å². The third-order valence-electron chi connectivity index (χ3n) is 6.42. The van der Waals surface area contributed by atoms with Gasteiger partial charge in [0.25, 0.3) is 0 Å². The number of para-hydroxylation sites is 1. The molecular weight excluding hydrogens is 438 g/mol. The molecule has 1 atom stereocenters. The number of sulfonamides is 1. The zero-order valence-electron chi connectivity index (χ0n) is 18.7. The number of rotatable bonds is 8. The van der Waals surface area contributed by atoms with Gasteiger partial charge in [-0.15, -0.1) is 11.3 Å². The quantitative estimate of drug-likeness (QED) is 0.414. The Hall–Kier alpha value is -1.93. The molecule has 3 aromatic rings. The van der Waals surface area contributed by atoms with Gasteiger partial charge >= 0.3 is 0 Å². The van der Waals surface area contributed by atoms with Crippen LogP contribution in [0.1, 0.15) is 57.4 Å². The van der Waals surface area contributed by atoms with Gasteiger partial charge in [0, 0.05) is 18.8 Å². The standard InChI is InChI=1S/C25H33N3O2S2/c1-19(17-20-9-4-2-3-5-10-20)27-18-21-11-6-7-12-22(21)28-16-8-13-23(28)24-14-15-25(31-24)32(26,29)30/h6-8,11-16,19-20,27H,2-5,9-10,17-18H2,1H3,(H2,26,29,30)/t19-/m0/s1. The van der Waals surface area contributed by atoms with E-state index in [9.17, 15) is 8.42 Å². The first-order chi connectivity index (χ1) is 15.4. The summed E-state index contributed by atoms with van der Waals surface area (Å²) in [6.07, 6.45) is 11.6. The molecule has 0 unspecified atom stereocenters. The summed E-state index contributed by atoms with van der Waals surface area (Å²) in [5.41, 5.74) is 3.29. The minimum atomic E-state index is -3.69. The minimum absolute atomic E-state index is 0.183. The summed E-state index contributed by atoms with van der Waals surface area (Å²) in [7, 11) is -3.69. The van der Waals surface area contributed by atoms with Crippen LogP contribution in [0.2, 0.25) is 0 Å². The Morgan fingerprint density at radius 2 is 1.81 bits per heavy atom. The average molecular weight is 472 g/mol. The molecule has 7 heteroatoms. The van der Waals surface area contributed by atoms with E-state index in [1.165, 1.54) is 61.8 Å². The van der Waals surface area contributed by atoms with Crippen LogP contribution in [0.5, 0.6) is 0 Å². The van der Waals surface area contributed by atoms with Crippen molar-refractivity contribution in [2.45, 2.75) is 68.7 Å². The third kappa shape index (κ3) is 5.70. The van der Waals surface area contributed by atoms with Crippen molar-refractivity contribution in [1.82, 2.24) is 9.88 Å². The van der Waals surface area contributed by atoms with Gasteiger partial charge in [-0.2, -0.15) is 0 Å². The zero-order chi connectivity index (χ0) is 22.6. The van der Waals surface area contributed by atoms with Gasteiger partial charge in [0.15, 0.2) is 0 Å². The number of primary sulfonamides is 1. The lowest BCUT2D eigenvalue weighted by Crippen LogP contribution is -2.28. The van der Waals surface area contributed by atoms with Crippen LogP contribution in [0.4, 0.5) is 0 Å². The van der Waals surface area contributed by atoms with Gasteiger partial charge < -0.3 is 9.88 Å². The van der Waals surface area contributed by atoms with Crippen molar-refractivity contribution in [1.29, 1.82) is 0 Å². The van der Waals surface area contributed by atoms with E-state index in [4.69, 9.17) is 5.14 Å². The molecule has 1 fully saturated rings. The van der Waals surface area contributed by atoms with Crippen molar-refractivity contribution >= 4 is 21.4 Å². The normalized spacial score (nSPS) is 16.7. The molecule has 172 valence electrons. The smallest absolute Gasteiger partial charge is 0.247 e. The van der Waals surface area contributed by atoms with Crippen LogP contribution in [-0.2, 0) is 16.6 Å². The summed E-state index contributed by atoms with van der Waals surface area (Å²) in [5.74, 6) is 0.846. The number of benzene rings is 1. The lowest BCUT2D eigenvalue weighted by Gasteiger charge is -2.21.